The summed E-state index contributed by atoms with van der Waals surface area (Å²) in [5.74, 6) is -0.439. The van der Waals surface area contributed by atoms with Gasteiger partial charge in [-0.15, -0.1) is 0 Å². The normalized spacial score (nSPS) is 16.1. The number of halogens is 1. The van der Waals surface area contributed by atoms with Crippen LogP contribution in [0, 0.1) is 0 Å². The molecule has 30 heavy (non-hydrogen) atoms. The van der Waals surface area contributed by atoms with E-state index in [2.05, 4.69) is 0 Å². The number of likely N-dealkylation sites (N-methyl/N-ethyl adjacent to an activating group) is 1. The van der Waals surface area contributed by atoms with Crippen LogP contribution in [0.3, 0.4) is 0 Å². The third-order valence-electron chi connectivity index (χ3n) is 4.68. The van der Waals surface area contributed by atoms with E-state index in [9.17, 15) is 18.0 Å². The van der Waals surface area contributed by atoms with E-state index in [1.807, 2.05) is 0 Å². The Morgan fingerprint density at radius 1 is 1.10 bits per heavy atom. The lowest BCUT2D eigenvalue weighted by Gasteiger charge is -2.35. The molecule has 1 aliphatic heterocycles. The Bertz CT molecular complexity index is 1100. The standard InChI is InChI=1S/C20H22ClN3O5S/c1-22(2)20(26)18-12-24(16-7-5-6-8-17(16)29-18)19(25)14-11-13(9-10-15(14)21)30(27,28)23(3)4/h5-11,18H,12H2,1-4H3. The van der Waals surface area contributed by atoms with Crippen LogP contribution < -0.4 is 9.64 Å². The van der Waals surface area contributed by atoms with Gasteiger partial charge >= 0.3 is 0 Å². The third kappa shape index (κ3) is 4.00. The summed E-state index contributed by atoms with van der Waals surface area (Å²) in [6.45, 7) is -0.0339. The van der Waals surface area contributed by atoms with Crippen LogP contribution >= 0.6 is 11.6 Å². The number of amides is 2. The maximum absolute atomic E-state index is 13.4. The second-order valence-corrected chi connectivity index (χ2v) is 9.71. The molecule has 0 spiro atoms. The average molecular weight is 452 g/mol. The molecule has 2 aromatic rings. The summed E-state index contributed by atoms with van der Waals surface area (Å²) < 4.78 is 31.8. The van der Waals surface area contributed by atoms with E-state index in [0.29, 0.717) is 11.4 Å². The number of para-hydroxylation sites is 2. The van der Waals surface area contributed by atoms with Gasteiger partial charge in [0.05, 0.1) is 27.7 Å². The third-order valence-corrected chi connectivity index (χ3v) is 6.82. The van der Waals surface area contributed by atoms with Crippen LogP contribution in [0.2, 0.25) is 5.02 Å². The Morgan fingerprint density at radius 2 is 1.77 bits per heavy atom. The van der Waals surface area contributed by atoms with Gasteiger partial charge in [0.25, 0.3) is 11.8 Å². The maximum Gasteiger partial charge on any atom is 0.265 e. The zero-order valence-corrected chi connectivity index (χ0v) is 18.6. The van der Waals surface area contributed by atoms with E-state index in [-0.39, 0.29) is 27.9 Å². The summed E-state index contributed by atoms with van der Waals surface area (Å²) in [4.78, 5) is 28.6. The Labute approximate surface area is 180 Å². The van der Waals surface area contributed by atoms with Crippen LogP contribution in [0.4, 0.5) is 5.69 Å². The van der Waals surface area contributed by atoms with Crippen molar-refractivity contribution in [3.05, 3.63) is 53.1 Å². The van der Waals surface area contributed by atoms with E-state index in [0.717, 1.165) is 4.31 Å². The predicted molar refractivity (Wildman–Crippen MR) is 114 cm³/mol. The lowest BCUT2D eigenvalue weighted by atomic mass is 10.1. The molecule has 0 aromatic heterocycles. The van der Waals surface area contributed by atoms with Crippen molar-refractivity contribution >= 4 is 39.1 Å². The molecule has 0 N–H and O–H groups in total. The van der Waals surface area contributed by atoms with Crippen LogP contribution in [0.15, 0.2) is 47.4 Å². The van der Waals surface area contributed by atoms with Gasteiger partial charge in [0.15, 0.2) is 6.10 Å². The number of ether oxygens (including phenoxy) is 1. The molecule has 1 heterocycles. The average Bonchev–Trinajstić information content (AvgIpc) is 2.71. The quantitative estimate of drug-likeness (QED) is 0.710. The SMILES string of the molecule is CN(C)C(=O)C1CN(C(=O)c2cc(S(=O)(=O)N(C)C)ccc2Cl)c2ccccc2O1. The molecule has 2 aromatic carbocycles. The summed E-state index contributed by atoms with van der Waals surface area (Å²) in [5, 5.41) is 0.108. The molecule has 0 saturated carbocycles. The first-order valence-electron chi connectivity index (χ1n) is 9.05. The van der Waals surface area contributed by atoms with Crippen molar-refractivity contribution in [1.29, 1.82) is 0 Å². The molecule has 1 atom stereocenters. The van der Waals surface area contributed by atoms with E-state index < -0.39 is 22.0 Å². The van der Waals surface area contributed by atoms with Gasteiger partial charge in [-0.25, -0.2) is 12.7 Å². The van der Waals surface area contributed by atoms with Crippen molar-refractivity contribution in [2.75, 3.05) is 39.6 Å². The molecule has 1 unspecified atom stereocenters. The highest BCUT2D eigenvalue weighted by Gasteiger charge is 2.35. The number of benzene rings is 2. The Balaban J connectivity index is 2.07. The van der Waals surface area contributed by atoms with Gasteiger partial charge < -0.3 is 14.5 Å². The first-order chi connectivity index (χ1) is 14.0. The van der Waals surface area contributed by atoms with Crippen LogP contribution in [-0.2, 0) is 14.8 Å². The highest BCUT2D eigenvalue weighted by atomic mass is 35.5. The number of anilines is 1. The molecule has 0 radical (unpaired) electrons. The second-order valence-electron chi connectivity index (χ2n) is 7.15. The molecule has 0 bridgehead atoms. The zero-order chi connectivity index (χ0) is 22.2. The summed E-state index contributed by atoms with van der Waals surface area (Å²) in [6, 6.07) is 10.8. The van der Waals surface area contributed by atoms with Gasteiger partial charge in [-0.05, 0) is 30.3 Å². The summed E-state index contributed by atoms with van der Waals surface area (Å²) in [7, 11) is 2.25. The number of hydrogen-bond acceptors (Lipinski definition) is 5. The van der Waals surface area contributed by atoms with Crippen LogP contribution in [0.5, 0.6) is 5.75 Å². The zero-order valence-electron chi connectivity index (χ0n) is 17.0. The van der Waals surface area contributed by atoms with Crippen LogP contribution in [0.1, 0.15) is 10.4 Å². The van der Waals surface area contributed by atoms with Crippen molar-refractivity contribution in [3.63, 3.8) is 0 Å². The Hall–Kier alpha value is -2.62. The Kier molecular flexibility index (Phi) is 6.07. The van der Waals surface area contributed by atoms with E-state index in [4.69, 9.17) is 16.3 Å². The molecule has 0 saturated heterocycles. The highest BCUT2D eigenvalue weighted by Crippen LogP contribution is 2.35. The number of fused-ring (bicyclic) bond motifs is 1. The highest BCUT2D eigenvalue weighted by molar-refractivity contribution is 7.89. The largest absolute Gasteiger partial charge is 0.476 e. The first kappa shape index (κ1) is 22.1. The van der Waals surface area contributed by atoms with Crippen LogP contribution in [-0.4, -0.2) is 70.3 Å². The molecule has 8 nitrogen and oxygen atoms in total. The van der Waals surface area contributed by atoms with E-state index in [1.165, 1.54) is 42.1 Å². The molecule has 10 heteroatoms. The molecule has 0 aliphatic carbocycles. The summed E-state index contributed by atoms with van der Waals surface area (Å²) in [5.41, 5.74) is 0.495. The number of carbonyl (C=O) groups is 2. The minimum Gasteiger partial charge on any atom is -0.476 e. The second kappa shape index (κ2) is 8.25. The van der Waals surface area contributed by atoms with Gasteiger partial charge in [-0.2, -0.15) is 0 Å². The predicted octanol–water partition coefficient (Wildman–Crippen LogP) is 2.09. The number of hydrogen-bond donors (Lipinski definition) is 0. The molecule has 1 aliphatic rings. The van der Waals surface area contributed by atoms with Crippen LogP contribution in [0.25, 0.3) is 0 Å². The number of nitrogens with zero attached hydrogens (tertiary/aromatic N) is 3. The smallest absolute Gasteiger partial charge is 0.265 e. The number of carbonyl (C=O) groups excluding carboxylic acids is 2. The summed E-state index contributed by atoms with van der Waals surface area (Å²) >= 11 is 6.25. The number of sulfonamides is 1. The van der Waals surface area contributed by atoms with Crippen molar-refractivity contribution < 1.29 is 22.7 Å². The lowest BCUT2D eigenvalue weighted by Crippen LogP contribution is -2.50. The van der Waals surface area contributed by atoms with Crippen molar-refractivity contribution in [2.45, 2.75) is 11.0 Å². The molecule has 0 fully saturated rings. The topological polar surface area (TPSA) is 87.2 Å². The fourth-order valence-electron chi connectivity index (χ4n) is 3.03. The molecule has 2 amide bonds. The van der Waals surface area contributed by atoms with Gasteiger partial charge in [-0.1, -0.05) is 23.7 Å². The van der Waals surface area contributed by atoms with Gasteiger partial charge in [0.2, 0.25) is 10.0 Å². The molecule has 3 rings (SSSR count). The van der Waals surface area contributed by atoms with Crippen molar-refractivity contribution in [2.24, 2.45) is 0 Å². The lowest BCUT2D eigenvalue weighted by molar-refractivity contribution is -0.135. The molecular weight excluding hydrogens is 430 g/mol. The van der Waals surface area contributed by atoms with E-state index in [1.54, 1.807) is 38.4 Å². The first-order valence-corrected chi connectivity index (χ1v) is 10.9. The van der Waals surface area contributed by atoms with E-state index >= 15 is 0 Å². The monoisotopic (exact) mass is 451 g/mol. The van der Waals surface area contributed by atoms with Crippen molar-refractivity contribution in [1.82, 2.24) is 9.21 Å². The van der Waals surface area contributed by atoms with Gasteiger partial charge in [0.1, 0.15) is 5.75 Å². The summed E-state index contributed by atoms with van der Waals surface area (Å²) in [6.07, 6.45) is -0.897. The van der Waals surface area contributed by atoms with Gasteiger partial charge in [-0.3, -0.25) is 9.59 Å². The fraction of sp³-hybridized carbons (Fsp3) is 0.300. The fourth-order valence-corrected chi connectivity index (χ4v) is 4.16. The van der Waals surface area contributed by atoms with Gasteiger partial charge in [0, 0.05) is 28.2 Å². The molecular formula is C20H22ClN3O5S. The Morgan fingerprint density at radius 3 is 2.40 bits per heavy atom. The molecule has 160 valence electrons. The number of rotatable bonds is 4. The van der Waals surface area contributed by atoms with Crippen molar-refractivity contribution in [3.8, 4) is 5.75 Å². The minimum atomic E-state index is -3.76. The minimum absolute atomic E-state index is 0.0207. The maximum atomic E-state index is 13.4.